The Labute approximate surface area is 107 Å². The van der Waals surface area contributed by atoms with Gasteiger partial charge in [-0.25, -0.2) is 4.79 Å². The van der Waals surface area contributed by atoms with Crippen LogP contribution in [-0.4, -0.2) is 24.3 Å². The van der Waals surface area contributed by atoms with Crippen LogP contribution in [0.1, 0.15) is 18.1 Å². The molecule has 19 heavy (non-hydrogen) atoms. The Morgan fingerprint density at radius 1 is 1.37 bits per heavy atom. The summed E-state index contributed by atoms with van der Waals surface area (Å²) in [7, 11) is 0. The number of halogens is 3. The van der Waals surface area contributed by atoms with Crippen molar-refractivity contribution in [1.29, 1.82) is 0 Å². The van der Waals surface area contributed by atoms with Gasteiger partial charge in [0.15, 0.2) is 6.61 Å². The third kappa shape index (κ3) is 4.44. The van der Waals surface area contributed by atoms with E-state index in [1.54, 1.807) is 6.92 Å². The molecule has 0 fully saturated rings. The third-order valence-corrected chi connectivity index (χ3v) is 2.21. The standard InChI is InChI=1S/C12H13F3O4/c1-2-18-11(17)7-19-10-4-3-9(12(13,14)15)5-8(10)6-16/h3-5,16H,2,6-7H2,1H3. The van der Waals surface area contributed by atoms with Gasteiger partial charge in [-0.2, -0.15) is 13.2 Å². The summed E-state index contributed by atoms with van der Waals surface area (Å²) in [4.78, 5) is 11.1. The number of alkyl halides is 3. The molecule has 0 radical (unpaired) electrons. The molecule has 0 aliphatic rings. The summed E-state index contributed by atoms with van der Waals surface area (Å²) in [6, 6.07) is 2.66. The minimum Gasteiger partial charge on any atom is -0.482 e. The summed E-state index contributed by atoms with van der Waals surface area (Å²) in [6.07, 6.45) is -4.50. The molecule has 1 aromatic carbocycles. The summed E-state index contributed by atoms with van der Waals surface area (Å²) < 4.78 is 47.0. The molecule has 1 N–H and O–H groups in total. The number of aliphatic hydroxyl groups excluding tert-OH is 1. The van der Waals surface area contributed by atoms with Crippen LogP contribution in [0.2, 0.25) is 0 Å². The van der Waals surface area contributed by atoms with E-state index in [1.807, 2.05) is 0 Å². The van der Waals surface area contributed by atoms with Crippen molar-refractivity contribution in [3.05, 3.63) is 29.3 Å². The molecule has 106 valence electrons. The molecule has 4 nitrogen and oxygen atoms in total. The molecule has 1 rings (SSSR count). The second-order valence-corrected chi connectivity index (χ2v) is 3.57. The molecule has 0 aromatic heterocycles. The van der Waals surface area contributed by atoms with Gasteiger partial charge in [0, 0.05) is 5.56 Å². The highest BCUT2D eigenvalue weighted by Crippen LogP contribution is 2.32. The molecule has 0 bridgehead atoms. The van der Waals surface area contributed by atoms with Crippen LogP contribution in [0.15, 0.2) is 18.2 Å². The first-order chi connectivity index (χ1) is 8.88. The molecule has 0 heterocycles. The fraction of sp³-hybridized carbons (Fsp3) is 0.417. The first kappa shape index (κ1) is 15.3. The zero-order valence-electron chi connectivity index (χ0n) is 10.2. The molecule has 7 heteroatoms. The molecule has 1 aromatic rings. The third-order valence-electron chi connectivity index (χ3n) is 2.21. The smallest absolute Gasteiger partial charge is 0.416 e. The van der Waals surface area contributed by atoms with Gasteiger partial charge in [-0.3, -0.25) is 0 Å². The number of benzene rings is 1. The molecule has 0 unspecified atom stereocenters. The van der Waals surface area contributed by atoms with E-state index in [0.717, 1.165) is 18.2 Å². The number of hydrogen-bond donors (Lipinski definition) is 1. The summed E-state index contributed by atoms with van der Waals surface area (Å²) in [6.45, 7) is 0.755. The minimum atomic E-state index is -4.50. The lowest BCUT2D eigenvalue weighted by Crippen LogP contribution is -2.15. The minimum absolute atomic E-state index is 0.0172. The predicted octanol–water partition coefficient (Wildman–Crippen LogP) is 2.14. The number of hydrogen-bond acceptors (Lipinski definition) is 4. The van der Waals surface area contributed by atoms with Crippen LogP contribution in [0.5, 0.6) is 5.75 Å². The number of carbonyl (C=O) groups is 1. The molecular formula is C12H13F3O4. The SMILES string of the molecule is CCOC(=O)COc1ccc(C(F)(F)F)cc1CO. The maximum absolute atomic E-state index is 12.5. The van der Waals surface area contributed by atoms with Crippen LogP contribution < -0.4 is 4.74 Å². The quantitative estimate of drug-likeness (QED) is 0.838. The van der Waals surface area contributed by atoms with Gasteiger partial charge < -0.3 is 14.6 Å². The van der Waals surface area contributed by atoms with Crippen LogP contribution >= 0.6 is 0 Å². The number of carbonyl (C=O) groups excluding carboxylic acids is 1. The van der Waals surface area contributed by atoms with Gasteiger partial charge in [0.05, 0.1) is 18.8 Å². The van der Waals surface area contributed by atoms with Crippen molar-refractivity contribution in [3.63, 3.8) is 0 Å². The highest BCUT2D eigenvalue weighted by Gasteiger charge is 2.31. The highest BCUT2D eigenvalue weighted by molar-refractivity contribution is 5.71. The first-order valence-electron chi connectivity index (χ1n) is 5.48. The molecular weight excluding hydrogens is 265 g/mol. The molecule has 0 saturated carbocycles. The van der Waals surface area contributed by atoms with Crippen LogP contribution in [0.3, 0.4) is 0 Å². The Bertz CT molecular complexity index is 443. The van der Waals surface area contributed by atoms with E-state index in [1.165, 1.54) is 0 Å². The summed E-state index contributed by atoms with van der Waals surface area (Å²) in [5.41, 5.74) is -0.931. The summed E-state index contributed by atoms with van der Waals surface area (Å²) in [5, 5.41) is 9.01. The lowest BCUT2D eigenvalue weighted by atomic mass is 10.1. The largest absolute Gasteiger partial charge is 0.482 e. The van der Waals surface area contributed by atoms with Gasteiger partial charge in [0.25, 0.3) is 0 Å². The monoisotopic (exact) mass is 278 g/mol. The van der Waals surface area contributed by atoms with E-state index in [-0.39, 0.29) is 17.9 Å². The number of aliphatic hydroxyl groups is 1. The fourth-order valence-corrected chi connectivity index (χ4v) is 1.36. The zero-order valence-corrected chi connectivity index (χ0v) is 10.2. The predicted molar refractivity (Wildman–Crippen MR) is 59.5 cm³/mol. The average Bonchev–Trinajstić information content (AvgIpc) is 2.35. The molecule has 0 spiro atoms. The second-order valence-electron chi connectivity index (χ2n) is 3.57. The van der Waals surface area contributed by atoms with E-state index < -0.39 is 30.9 Å². The van der Waals surface area contributed by atoms with E-state index in [9.17, 15) is 18.0 Å². The second kappa shape index (κ2) is 6.42. The number of ether oxygens (including phenoxy) is 2. The first-order valence-corrected chi connectivity index (χ1v) is 5.48. The number of rotatable bonds is 5. The van der Waals surface area contributed by atoms with Crippen LogP contribution in [0, 0.1) is 0 Å². The Balaban J connectivity index is 2.82. The van der Waals surface area contributed by atoms with E-state index >= 15 is 0 Å². The maximum Gasteiger partial charge on any atom is 0.416 e. The Morgan fingerprint density at radius 3 is 2.58 bits per heavy atom. The van der Waals surface area contributed by atoms with Crippen LogP contribution in [0.25, 0.3) is 0 Å². The highest BCUT2D eigenvalue weighted by atomic mass is 19.4. The molecule has 0 atom stereocenters. The average molecular weight is 278 g/mol. The normalized spacial score (nSPS) is 11.2. The van der Waals surface area contributed by atoms with Gasteiger partial charge in [-0.15, -0.1) is 0 Å². The topological polar surface area (TPSA) is 55.8 Å². The van der Waals surface area contributed by atoms with Crippen LogP contribution in [-0.2, 0) is 22.3 Å². The van der Waals surface area contributed by atoms with Crippen molar-refractivity contribution < 1.29 is 32.5 Å². The van der Waals surface area contributed by atoms with Gasteiger partial charge in [0.2, 0.25) is 0 Å². The lowest BCUT2D eigenvalue weighted by molar-refractivity contribution is -0.145. The van der Waals surface area contributed by atoms with Gasteiger partial charge >= 0.3 is 12.1 Å². The summed E-state index contributed by atoms with van der Waals surface area (Å²) in [5.74, 6) is -0.616. The van der Waals surface area contributed by atoms with Crippen molar-refractivity contribution in [1.82, 2.24) is 0 Å². The van der Waals surface area contributed by atoms with E-state index in [2.05, 4.69) is 4.74 Å². The molecule has 0 saturated heterocycles. The van der Waals surface area contributed by atoms with Crippen molar-refractivity contribution in [2.24, 2.45) is 0 Å². The van der Waals surface area contributed by atoms with Crippen molar-refractivity contribution in [3.8, 4) is 5.75 Å². The number of esters is 1. The lowest BCUT2D eigenvalue weighted by Gasteiger charge is -2.12. The van der Waals surface area contributed by atoms with Crippen LogP contribution in [0.4, 0.5) is 13.2 Å². The Kier molecular flexibility index (Phi) is 5.17. The molecule has 0 amide bonds. The van der Waals surface area contributed by atoms with E-state index in [4.69, 9.17) is 9.84 Å². The summed E-state index contributed by atoms with van der Waals surface area (Å²) >= 11 is 0. The van der Waals surface area contributed by atoms with Crippen molar-refractivity contribution in [2.45, 2.75) is 19.7 Å². The van der Waals surface area contributed by atoms with Crippen molar-refractivity contribution >= 4 is 5.97 Å². The molecule has 0 aliphatic heterocycles. The zero-order chi connectivity index (χ0) is 14.5. The Morgan fingerprint density at radius 2 is 2.05 bits per heavy atom. The fourth-order valence-electron chi connectivity index (χ4n) is 1.36. The van der Waals surface area contributed by atoms with Gasteiger partial charge in [-0.1, -0.05) is 0 Å². The maximum atomic E-state index is 12.5. The molecule has 0 aliphatic carbocycles. The van der Waals surface area contributed by atoms with Crippen molar-refractivity contribution in [2.75, 3.05) is 13.2 Å². The van der Waals surface area contributed by atoms with Gasteiger partial charge in [0.1, 0.15) is 5.75 Å². The van der Waals surface area contributed by atoms with E-state index in [0.29, 0.717) is 0 Å². The Hall–Kier alpha value is -1.76. The van der Waals surface area contributed by atoms with Gasteiger partial charge in [-0.05, 0) is 25.1 Å².